The van der Waals surface area contributed by atoms with E-state index in [2.05, 4.69) is 21.2 Å². The van der Waals surface area contributed by atoms with Gasteiger partial charge in [-0.05, 0) is 40.5 Å². The molecule has 2 aromatic carbocycles. The summed E-state index contributed by atoms with van der Waals surface area (Å²) in [6.07, 6.45) is 0. The summed E-state index contributed by atoms with van der Waals surface area (Å²) in [7, 11) is 0. The van der Waals surface area contributed by atoms with E-state index in [-0.39, 0.29) is 5.97 Å². The van der Waals surface area contributed by atoms with Gasteiger partial charge in [-0.25, -0.2) is 4.79 Å². The fraction of sp³-hybridized carbons (Fsp3) is 0.188. The lowest BCUT2D eigenvalue weighted by atomic mass is 10.1. The van der Waals surface area contributed by atoms with Crippen LogP contribution in [-0.2, 0) is 9.53 Å². The predicted molar refractivity (Wildman–Crippen MR) is 88.6 cm³/mol. The van der Waals surface area contributed by atoms with Gasteiger partial charge in [-0.2, -0.15) is 0 Å². The molecule has 1 atom stereocenters. The number of benzene rings is 2. The van der Waals surface area contributed by atoms with Crippen LogP contribution in [0.25, 0.3) is 0 Å². The first-order valence-corrected chi connectivity index (χ1v) is 7.72. The van der Waals surface area contributed by atoms with Crippen molar-refractivity contribution in [1.29, 1.82) is 0 Å². The average Bonchev–Trinajstić information content (AvgIpc) is 2.50. The minimum atomic E-state index is -0.582. The summed E-state index contributed by atoms with van der Waals surface area (Å²) in [5.41, 5.74) is 1.58. The second-order valence-electron chi connectivity index (χ2n) is 4.34. The molecule has 110 valence electrons. The Morgan fingerprint density at radius 2 is 1.95 bits per heavy atom. The van der Waals surface area contributed by atoms with Crippen LogP contribution in [0.4, 0.5) is 5.69 Å². The van der Waals surface area contributed by atoms with Gasteiger partial charge >= 0.3 is 5.97 Å². The van der Waals surface area contributed by atoms with Crippen LogP contribution in [0.2, 0.25) is 5.02 Å². The first-order chi connectivity index (χ1) is 10.1. The Balaban J connectivity index is 2.32. The fourth-order valence-electron chi connectivity index (χ4n) is 1.92. The van der Waals surface area contributed by atoms with Crippen molar-refractivity contribution >= 4 is 39.2 Å². The number of hydrogen-bond acceptors (Lipinski definition) is 3. The molecular weight excluding hydrogens is 354 g/mol. The lowest BCUT2D eigenvalue weighted by Crippen LogP contribution is -2.23. The number of carbonyl (C=O) groups excluding carboxylic acids is 1. The maximum absolute atomic E-state index is 12.2. The molecule has 0 saturated heterocycles. The van der Waals surface area contributed by atoms with E-state index in [1.807, 2.05) is 42.5 Å². The largest absolute Gasteiger partial charge is 0.464 e. The molecule has 3 nitrogen and oxygen atoms in total. The van der Waals surface area contributed by atoms with Gasteiger partial charge in [0.05, 0.1) is 21.8 Å². The first kappa shape index (κ1) is 15.9. The number of hydrogen-bond donors (Lipinski definition) is 1. The van der Waals surface area contributed by atoms with Gasteiger partial charge in [-0.15, -0.1) is 0 Å². The lowest BCUT2D eigenvalue weighted by Gasteiger charge is -2.20. The lowest BCUT2D eigenvalue weighted by molar-refractivity contribution is -0.144. The number of halogens is 2. The maximum Gasteiger partial charge on any atom is 0.333 e. The van der Waals surface area contributed by atoms with Crippen molar-refractivity contribution in [1.82, 2.24) is 0 Å². The second kappa shape index (κ2) is 7.48. The molecule has 0 aliphatic heterocycles. The zero-order valence-electron chi connectivity index (χ0n) is 11.5. The summed E-state index contributed by atoms with van der Waals surface area (Å²) in [5.74, 6) is -0.324. The maximum atomic E-state index is 12.2. The van der Waals surface area contributed by atoms with E-state index in [4.69, 9.17) is 16.3 Å². The SMILES string of the molecule is CCOC(=O)C(Nc1cccc(Cl)c1Br)c1ccccc1. The van der Waals surface area contributed by atoms with Gasteiger partial charge in [0.2, 0.25) is 0 Å². The smallest absolute Gasteiger partial charge is 0.333 e. The Bertz CT molecular complexity index is 619. The van der Waals surface area contributed by atoms with Gasteiger partial charge < -0.3 is 10.1 Å². The fourth-order valence-corrected chi connectivity index (χ4v) is 2.47. The summed E-state index contributed by atoms with van der Waals surface area (Å²) < 4.78 is 5.87. The van der Waals surface area contributed by atoms with Crippen molar-refractivity contribution in [3.8, 4) is 0 Å². The van der Waals surface area contributed by atoms with Crippen LogP contribution in [0, 0.1) is 0 Å². The van der Waals surface area contributed by atoms with E-state index in [0.29, 0.717) is 11.6 Å². The van der Waals surface area contributed by atoms with Gasteiger partial charge in [0.25, 0.3) is 0 Å². The van der Waals surface area contributed by atoms with Crippen LogP contribution < -0.4 is 5.32 Å². The quantitative estimate of drug-likeness (QED) is 0.769. The van der Waals surface area contributed by atoms with Crippen LogP contribution in [0.15, 0.2) is 53.0 Å². The van der Waals surface area contributed by atoms with Crippen molar-refractivity contribution in [3.05, 3.63) is 63.6 Å². The number of ether oxygens (including phenoxy) is 1. The second-order valence-corrected chi connectivity index (χ2v) is 5.54. The molecule has 1 N–H and O–H groups in total. The third-order valence-corrected chi connectivity index (χ3v) is 4.30. The molecule has 2 rings (SSSR count). The molecule has 0 radical (unpaired) electrons. The van der Waals surface area contributed by atoms with E-state index >= 15 is 0 Å². The number of esters is 1. The van der Waals surface area contributed by atoms with E-state index in [1.54, 1.807) is 13.0 Å². The van der Waals surface area contributed by atoms with Crippen LogP contribution in [0.5, 0.6) is 0 Å². The van der Waals surface area contributed by atoms with Crippen molar-refractivity contribution in [2.45, 2.75) is 13.0 Å². The summed E-state index contributed by atoms with van der Waals surface area (Å²) in [6, 6.07) is 14.3. The zero-order chi connectivity index (χ0) is 15.2. The predicted octanol–water partition coefficient (Wildman–Crippen LogP) is 4.82. The minimum Gasteiger partial charge on any atom is -0.464 e. The summed E-state index contributed by atoms with van der Waals surface area (Å²) in [4.78, 5) is 12.2. The highest BCUT2D eigenvalue weighted by molar-refractivity contribution is 9.10. The minimum absolute atomic E-state index is 0.324. The summed E-state index contributed by atoms with van der Waals surface area (Å²) in [6.45, 7) is 2.12. The standard InChI is InChI=1S/C16H15BrClNO2/c1-2-21-16(20)15(11-7-4-3-5-8-11)19-13-10-6-9-12(18)14(13)17/h3-10,15,19H,2H2,1H3. The molecule has 0 aliphatic rings. The monoisotopic (exact) mass is 367 g/mol. The summed E-state index contributed by atoms with van der Waals surface area (Å²) in [5, 5.41) is 3.76. The highest BCUT2D eigenvalue weighted by Gasteiger charge is 2.22. The van der Waals surface area contributed by atoms with E-state index < -0.39 is 6.04 Å². The van der Waals surface area contributed by atoms with E-state index in [9.17, 15) is 4.79 Å². The Morgan fingerprint density at radius 3 is 2.62 bits per heavy atom. The van der Waals surface area contributed by atoms with Gasteiger partial charge in [0.15, 0.2) is 6.04 Å². The molecule has 2 aromatic rings. The Hall–Kier alpha value is -1.52. The highest BCUT2D eigenvalue weighted by Crippen LogP contribution is 2.32. The topological polar surface area (TPSA) is 38.3 Å². The van der Waals surface area contributed by atoms with E-state index in [1.165, 1.54) is 0 Å². The molecule has 1 unspecified atom stereocenters. The first-order valence-electron chi connectivity index (χ1n) is 6.55. The molecule has 5 heteroatoms. The molecule has 0 aliphatic carbocycles. The molecule has 0 fully saturated rings. The number of anilines is 1. The molecule has 0 spiro atoms. The zero-order valence-corrected chi connectivity index (χ0v) is 13.8. The highest BCUT2D eigenvalue weighted by atomic mass is 79.9. The number of rotatable bonds is 5. The van der Waals surface area contributed by atoms with Crippen LogP contribution in [-0.4, -0.2) is 12.6 Å². The van der Waals surface area contributed by atoms with Crippen LogP contribution in [0.1, 0.15) is 18.5 Å². The van der Waals surface area contributed by atoms with Crippen molar-refractivity contribution < 1.29 is 9.53 Å². The van der Waals surface area contributed by atoms with Crippen molar-refractivity contribution in [2.24, 2.45) is 0 Å². The molecule has 0 heterocycles. The number of carbonyl (C=O) groups is 1. The molecule has 21 heavy (non-hydrogen) atoms. The van der Waals surface area contributed by atoms with Gasteiger partial charge in [0, 0.05) is 0 Å². The summed E-state index contributed by atoms with van der Waals surface area (Å²) >= 11 is 9.50. The Kier molecular flexibility index (Phi) is 5.65. The third-order valence-electron chi connectivity index (χ3n) is 2.91. The van der Waals surface area contributed by atoms with Gasteiger partial charge in [-0.3, -0.25) is 0 Å². The van der Waals surface area contributed by atoms with Crippen LogP contribution >= 0.6 is 27.5 Å². The average molecular weight is 369 g/mol. The third kappa shape index (κ3) is 3.99. The molecule has 0 amide bonds. The van der Waals surface area contributed by atoms with Crippen molar-refractivity contribution in [2.75, 3.05) is 11.9 Å². The normalized spacial score (nSPS) is 11.8. The van der Waals surface area contributed by atoms with Gasteiger partial charge in [-0.1, -0.05) is 48.0 Å². The van der Waals surface area contributed by atoms with Crippen molar-refractivity contribution in [3.63, 3.8) is 0 Å². The molecule has 0 aromatic heterocycles. The Morgan fingerprint density at radius 1 is 1.24 bits per heavy atom. The number of nitrogens with one attached hydrogen (secondary N) is 1. The van der Waals surface area contributed by atoms with Gasteiger partial charge in [0.1, 0.15) is 0 Å². The molecule has 0 saturated carbocycles. The molecule has 0 bridgehead atoms. The van der Waals surface area contributed by atoms with Crippen LogP contribution in [0.3, 0.4) is 0 Å². The molecular formula is C16H15BrClNO2. The Labute approximate surface area is 137 Å². The van der Waals surface area contributed by atoms with E-state index in [0.717, 1.165) is 15.7 Å².